The van der Waals surface area contributed by atoms with Crippen molar-refractivity contribution in [2.24, 2.45) is 0 Å². The van der Waals surface area contributed by atoms with Gasteiger partial charge in [0.05, 0.1) is 0 Å². The Morgan fingerprint density at radius 2 is 1.75 bits per heavy atom. The zero-order valence-corrected chi connectivity index (χ0v) is 12.6. The molecule has 20 heavy (non-hydrogen) atoms. The lowest BCUT2D eigenvalue weighted by atomic mass is 10.1. The first-order valence-electron chi connectivity index (χ1n) is 7.59. The maximum absolute atomic E-state index is 3.61. The quantitative estimate of drug-likeness (QED) is 0.719. The molecule has 0 unspecified atom stereocenters. The Hall–Kier alpha value is -1.60. The Morgan fingerprint density at radius 3 is 2.50 bits per heavy atom. The third-order valence-electron chi connectivity index (χ3n) is 3.73. The zero-order valence-electron chi connectivity index (χ0n) is 12.6. The van der Waals surface area contributed by atoms with Crippen molar-refractivity contribution in [2.45, 2.75) is 39.2 Å². The van der Waals surface area contributed by atoms with Crippen LogP contribution in [0, 0.1) is 6.92 Å². The van der Waals surface area contributed by atoms with E-state index in [9.17, 15) is 0 Å². The van der Waals surface area contributed by atoms with E-state index >= 15 is 0 Å². The molecule has 0 amide bonds. The van der Waals surface area contributed by atoms with Gasteiger partial charge in [-0.2, -0.15) is 0 Å². The molecule has 0 aliphatic rings. The Labute approximate surface area is 123 Å². The summed E-state index contributed by atoms with van der Waals surface area (Å²) in [6.45, 7) is 5.48. The first-order chi connectivity index (χ1) is 9.75. The van der Waals surface area contributed by atoms with Gasteiger partial charge in [-0.15, -0.1) is 0 Å². The average Bonchev–Trinajstić information content (AvgIpc) is 2.48. The van der Waals surface area contributed by atoms with Crippen LogP contribution >= 0.6 is 0 Å². The van der Waals surface area contributed by atoms with Gasteiger partial charge in [-0.3, -0.25) is 0 Å². The number of hydrogen-bond donors (Lipinski definition) is 1. The molecule has 0 aliphatic heterocycles. The van der Waals surface area contributed by atoms with Gasteiger partial charge in [0.15, 0.2) is 0 Å². The van der Waals surface area contributed by atoms with E-state index in [2.05, 4.69) is 73.8 Å². The van der Waals surface area contributed by atoms with Crippen molar-refractivity contribution >= 4 is 0 Å². The minimum absolute atomic E-state index is 0.437. The predicted molar refractivity (Wildman–Crippen MR) is 87.0 cm³/mol. The summed E-state index contributed by atoms with van der Waals surface area (Å²) in [5, 5.41) is 3.61. The van der Waals surface area contributed by atoms with E-state index in [0.29, 0.717) is 6.04 Å². The van der Waals surface area contributed by atoms with Crippen LogP contribution in [0.4, 0.5) is 0 Å². The summed E-state index contributed by atoms with van der Waals surface area (Å²) in [6.07, 6.45) is 3.66. The van der Waals surface area contributed by atoms with E-state index in [1.54, 1.807) is 0 Å². The molecule has 0 bridgehead atoms. The van der Waals surface area contributed by atoms with Crippen molar-refractivity contribution < 1.29 is 0 Å². The third kappa shape index (κ3) is 4.82. The molecule has 1 atom stereocenters. The Bertz CT molecular complexity index is 504. The maximum Gasteiger partial charge on any atom is 0.0291 e. The monoisotopic (exact) mass is 267 g/mol. The molecule has 0 aliphatic carbocycles. The van der Waals surface area contributed by atoms with Crippen LogP contribution in [0.1, 0.15) is 42.5 Å². The molecule has 2 aromatic carbocycles. The molecule has 2 aromatic rings. The fraction of sp³-hybridized carbons (Fsp3) is 0.368. The van der Waals surface area contributed by atoms with Crippen molar-refractivity contribution in [3.8, 4) is 0 Å². The molecular weight excluding hydrogens is 242 g/mol. The lowest BCUT2D eigenvalue weighted by Crippen LogP contribution is -2.20. The Kier molecular flexibility index (Phi) is 5.82. The fourth-order valence-electron chi connectivity index (χ4n) is 2.47. The van der Waals surface area contributed by atoms with E-state index in [-0.39, 0.29) is 0 Å². The van der Waals surface area contributed by atoms with E-state index in [4.69, 9.17) is 0 Å². The zero-order chi connectivity index (χ0) is 14.2. The molecule has 1 nitrogen and oxygen atoms in total. The van der Waals surface area contributed by atoms with Gasteiger partial charge in [-0.05, 0) is 50.8 Å². The summed E-state index contributed by atoms with van der Waals surface area (Å²) in [6, 6.07) is 19.9. The first-order valence-corrected chi connectivity index (χ1v) is 7.59. The average molecular weight is 267 g/mol. The van der Waals surface area contributed by atoms with Crippen LogP contribution in [0.3, 0.4) is 0 Å². The number of benzene rings is 2. The van der Waals surface area contributed by atoms with E-state index in [0.717, 1.165) is 6.54 Å². The van der Waals surface area contributed by atoms with Crippen LogP contribution < -0.4 is 5.32 Å². The molecule has 0 radical (unpaired) electrons. The van der Waals surface area contributed by atoms with Gasteiger partial charge < -0.3 is 5.32 Å². The molecule has 106 valence electrons. The first kappa shape index (κ1) is 14.8. The lowest BCUT2D eigenvalue weighted by molar-refractivity contribution is 0.546. The predicted octanol–water partition coefficient (Wildman–Crippen LogP) is 4.67. The Morgan fingerprint density at radius 1 is 0.950 bits per heavy atom. The van der Waals surface area contributed by atoms with Crippen LogP contribution in [-0.2, 0) is 6.42 Å². The molecule has 2 rings (SSSR count). The fourth-order valence-corrected chi connectivity index (χ4v) is 2.47. The van der Waals surface area contributed by atoms with Crippen molar-refractivity contribution in [3.05, 3.63) is 71.3 Å². The van der Waals surface area contributed by atoms with Crippen LogP contribution in [-0.4, -0.2) is 6.54 Å². The van der Waals surface area contributed by atoms with E-state index in [1.807, 2.05) is 0 Å². The number of aryl methyl sites for hydroxylation is 2. The highest BCUT2D eigenvalue weighted by Crippen LogP contribution is 2.13. The molecule has 0 aromatic heterocycles. The summed E-state index contributed by atoms with van der Waals surface area (Å²) in [5.74, 6) is 0. The summed E-state index contributed by atoms with van der Waals surface area (Å²) in [4.78, 5) is 0. The van der Waals surface area contributed by atoms with Gasteiger partial charge in [0, 0.05) is 6.04 Å². The van der Waals surface area contributed by atoms with Crippen molar-refractivity contribution in [3.63, 3.8) is 0 Å². The lowest BCUT2D eigenvalue weighted by Gasteiger charge is -2.14. The van der Waals surface area contributed by atoms with Crippen LogP contribution in [0.5, 0.6) is 0 Å². The van der Waals surface area contributed by atoms with Gasteiger partial charge in [0.2, 0.25) is 0 Å². The standard InChI is InChI=1S/C19H25N/c1-16-9-8-13-19(15-16)17(2)20-14-7-6-12-18-10-4-3-5-11-18/h3-5,8-11,13,15,17,20H,6-7,12,14H2,1-2H3/t17-/m1/s1. The van der Waals surface area contributed by atoms with Crippen LogP contribution in [0.2, 0.25) is 0 Å². The minimum Gasteiger partial charge on any atom is -0.310 e. The number of nitrogens with one attached hydrogen (secondary N) is 1. The van der Waals surface area contributed by atoms with Crippen molar-refractivity contribution in [1.29, 1.82) is 0 Å². The summed E-state index contributed by atoms with van der Waals surface area (Å²) < 4.78 is 0. The molecule has 1 heteroatoms. The van der Waals surface area contributed by atoms with Gasteiger partial charge in [-0.1, -0.05) is 60.2 Å². The number of unbranched alkanes of at least 4 members (excludes halogenated alkanes) is 1. The number of hydrogen-bond acceptors (Lipinski definition) is 1. The largest absolute Gasteiger partial charge is 0.310 e. The second-order valence-electron chi connectivity index (χ2n) is 5.53. The SMILES string of the molecule is Cc1cccc([C@@H](C)NCCCCc2ccccc2)c1. The number of rotatable bonds is 7. The molecule has 0 spiro atoms. The molecule has 0 saturated carbocycles. The van der Waals surface area contributed by atoms with E-state index in [1.165, 1.54) is 36.0 Å². The maximum atomic E-state index is 3.61. The van der Waals surface area contributed by atoms with Gasteiger partial charge in [0.1, 0.15) is 0 Å². The highest BCUT2D eigenvalue weighted by molar-refractivity contribution is 5.24. The van der Waals surface area contributed by atoms with Gasteiger partial charge in [0.25, 0.3) is 0 Å². The smallest absolute Gasteiger partial charge is 0.0291 e. The molecule has 0 fully saturated rings. The molecule has 1 N–H and O–H groups in total. The second-order valence-corrected chi connectivity index (χ2v) is 5.53. The van der Waals surface area contributed by atoms with E-state index < -0.39 is 0 Å². The summed E-state index contributed by atoms with van der Waals surface area (Å²) in [7, 11) is 0. The van der Waals surface area contributed by atoms with Gasteiger partial charge in [-0.25, -0.2) is 0 Å². The van der Waals surface area contributed by atoms with Gasteiger partial charge >= 0.3 is 0 Å². The molecule has 0 saturated heterocycles. The molecule has 0 heterocycles. The molecular formula is C19H25N. The van der Waals surface area contributed by atoms with Crippen LogP contribution in [0.25, 0.3) is 0 Å². The van der Waals surface area contributed by atoms with Crippen molar-refractivity contribution in [2.75, 3.05) is 6.54 Å². The topological polar surface area (TPSA) is 12.0 Å². The Balaban J connectivity index is 1.66. The summed E-state index contributed by atoms with van der Waals surface area (Å²) >= 11 is 0. The normalized spacial score (nSPS) is 12.3. The summed E-state index contributed by atoms with van der Waals surface area (Å²) in [5.41, 5.74) is 4.16. The highest BCUT2D eigenvalue weighted by Gasteiger charge is 2.03. The minimum atomic E-state index is 0.437. The van der Waals surface area contributed by atoms with Crippen molar-refractivity contribution in [1.82, 2.24) is 5.32 Å². The third-order valence-corrected chi connectivity index (χ3v) is 3.73. The van der Waals surface area contributed by atoms with Crippen LogP contribution in [0.15, 0.2) is 54.6 Å². The highest BCUT2D eigenvalue weighted by atomic mass is 14.9. The second kappa shape index (κ2) is 7.86.